The summed E-state index contributed by atoms with van der Waals surface area (Å²) in [5.74, 6) is 0.884. The topological polar surface area (TPSA) is 0 Å². The van der Waals surface area contributed by atoms with Gasteiger partial charge in [0.25, 0.3) is 0 Å². The minimum absolute atomic E-state index is 0.884. The van der Waals surface area contributed by atoms with Gasteiger partial charge in [-0.25, -0.2) is 0 Å². The summed E-state index contributed by atoms with van der Waals surface area (Å²) in [6.07, 6.45) is 12.2. The second-order valence-electron chi connectivity index (χ2n) is 8.24. The van der Waals surface area contributed by atoms with Crippen LogP contribution in [0.1, 0.15) is 90.2 Å². The molecule has 0 aliphatic carbocycles. The summed E-state index contributed by atoms with van der Waals surface area (Å²) in [7, 11) is 0. The molecule has 0 nitrogen and oxygen atoms in total. The molecule has 0 aliphatic rings. The predicted octanol–water partition coefficient (Wildman–Crippen LogP) is 9.01. The van der Waals surface area contributed by atoms with E-state index < -0.39 is 0 Å². The molecular weight excluding hydrogens is 324 g/mol. The van der Waals surface area contributed by atoms with Crippen LogP contribution in [0.3, 0.4) is 0 Å². The fourth-order valence-corrected chi connectivity index (χ4v) is 2.97. The first-order valence-electron chi connectivity index (χ1n) is 11.2. The van der Waals surface area contributed by atoms with Gasteiger partial charge in [-0.15, -0.1) is 0 Å². The van der Waals surface area contributed by atoms with Crippen LogP contribution in [0, 0.1) is 12.8 Å². The minimum Gasteiger partial charge on any atom is -0.0654 e. The van der Waals surface area contributed by atoms with Gasteiger partial charge in [-0.2, -0.15) is 0 Å². The Balaban J connectivity index is 0.000000646. The maximum Gasteiger partial charge on any atom is -0.0181 e. The molecule has 0 aliphatic heterocycles. The normalized spacial score (nSPS) is 10.6. The molecule has 0 amide bonds. The molecule has 0 aromatic heterocycles. The molecule has 0 spiro atoms. The molecule has 2 aromatic rings. The fourth-order valence-electron chi connectivity index (χ4n) is 2.97. The molecule has 0 N–H and O–H groups in total. The van der Waals surface area contributed by atoms with Crippen LogP contribution < -0.4 is 0 Å². The van der Waals surface area contributed by atoms with Crippen LogP contribution in [-0.2, 0) is 6.42 Å². The average Bonchev–Trinajstić information content (AvgIpc) is 2.68. The Bertz CT molecular complexity index is 592. The SMILES string of the molecule is CCC(C)C.CCCCCCCCCc1ccc(-c2cccc(C)c2)cc1. The van der Waals surface area contributed by atoms with Crippen LogP contribution in [0.4, 0.5) is 0 Å². The van der Waals surface area contributed by atoms with Crippen molar-refractivity contribution in [2.45, 2.75) is 92.4 Å². The number of benzene rings is 2. The monoisotopic (exact) mass is 366 g/mol. The van der Waals surface area contributed by atoms with Crippen LogP contribution in [-0.4, -0.2) is 0 Å². The lowest BCUT2D eigenvalue weighted by Gasteiger charge is -2.06. The third kappa shape index (κ3) is 11.0. The number of unbranched alkanes of at least 4 members (excludes halogenated alkanes) is 6. The van der Waals surface area contributed by atoms with Crippen molar-refractivity contribution in [1.29, 1.82) is 0 Å². The lowest BCUT2D eigenvalue weighted by Crippen LogP contribution is -1.87. The van der Waals surface area contributed by atoms with E-state index in [0.717, 1.165) is 5.92 Å². The van der Waals surface area contributed by atoms with E-state index in [4.69, 9.17) is 0 Å². The van der Waals surface area contributed by atoms with Gasteiger partial charge in [-0.1, -0.05) is 127 Å². The highest BCUT2D eigenvalue weighted by Crippen LogP contribution is 2.21. The largest absolute Gasteiger partial charge is 0.0654 e. The third-order valence-corrected chi connectivity index (χ3v) is 5.19. The summed E-state index contributed by atoms with van der Waals surface area (Å²) in [6, 6.07) is 17.9. The molecule has 27 heavy (non-hydrogen) atoms. The third-order valence-electron chi connectivity index (χ3n) is 5.19. The quantitative estimate of drug-likeness (QED) is 0.368. The lowest BCUT2D eigenvalue weighted by atomic mass is 10.00. The van der Waals surface area contributed by atoms with Gasteiger partial charge < -0.3 is 0 Å². The summed E-state index contributed by atoms with van der Waals surface area (Å²) >= 11 is 0. The summed E-state index contributed by atoms with van der Waals surface area (Å²) < 4.78 is 0. The van der Waals surface area contributed by atoms with Gasteiger partial charge in [-0.3, -0.25) is 0 Å². The molecule has 0 fully saturated rings. The van der Waals surface area contributed by atoms with Gasteiger partial charge in [0.15, 0.2) is 0 Å². The zero-order valence-corrected chi connectivity index (χ0v) is 18.6. The highest BCUT2D eigenvalue weighted by Gasteiger charge is 1.99. The lowest BCUT2D eigenvalue weighted by molar-refractivity contribution is 0.589. The Hall–Kier alpha value is -1.56. The Labute approximate surface area is 169 Å². The van der Waals surface area contributed by atoms with Crippen molar-refractivity contribution in [1.82, 2.24) is 0 Å². The second-order valence-corrected chi connectivity index (χ2v) is 8.24. The van der Waals surface area contributed by atoms with Crippen molar-refractivity contribution >= 4 is 0 Å². The molecule has 2 aromatic carbocycles. The van der Waals surface area contributed by atoms with Crippen molar-refractivity contribution in [3.05, 3.63) is 59.7 Å². The molecular formula is C27H42. The van der Waals surface area contributed by atoms with Gasteiger partial charge >= 0.3 is 0 Å². The fraction of sp³-hybridized carbons (Fsp3) is 0.556. The van der Waals surface area contributed by atoms with Crippen molar-refractivity contribution in [3.8, 4) is 11.1 Å². The molecule has 0 atom stereocenters. The first kappa shape index (κ1) is 23.5. The smallest absolute Gasteiger partial charge is 0.0181 e. The van der Waals surface area contributed by atoms with Crippen molar-refractivity contribution in [3.63, 3.8) is 0 Å². The molecule has 0 heteroatoms. The van der Waals surface area contributed by atoms with Gasteiger partial charge in [0.2, 0.25) is 0 Å². The van der Waals surface area contributed by atoms with E-state index in [0.29, 0.717) is 0 Å². The highest BCUT2D eigenvalue weighted by atomic mass is 14.0. The molecule has 150 valence electrons. The molecule has 0 saturated heterocycles. The zero-order chi connectivity index (χ0) is 19.9. The van der Waals surface area contributed by atoms with Crippen LogP contribution in [0.25, 0.3) is 11.1 Å². The highest BCUT2D eigenvalue weighted by molar-refractivity contribution is 5.64. The van der Waals surface area contributed by atoms with Gasteiger partial charge in [0, 0.05) is 0 Å². The second kappa shape index (κ2) is 14.5. The number of hydrogen-bond donors (Lipinski definition) is 0. The van der Waals surface area contributed by atoms with Crippen molar-refractivity contribution in [2.24, 2.45) is 5.92 Å². The van der Waals surface area contributed by atoms with E-state index in [9.17, 15) is 0 Å². The Morgan fingerprint density at radius 1 is 0.704 bits per heavy atom. The maximum atomic E-state index is 2.30. The van der Waals surface area contributed by atoms with Crippen LogP contribution in [0.5, 0.6) is 0 Å². The minimum atomic E-state index is 0.884. The predicted molar refractivity (Wildman–Crippen MR) is 123 cm³/mol. The summed E-state index contributed by atoms with van der Waals surface area (Å²) in [4.78, 5) is 0. The molecule has 0 bridgehead atoms. The van der Waals surface area contributed by atoms with Crippen LogP contribution >= 0.6 is 0 Å². The number of hydrogen-bond acceptors (Lipinski definition) is 0. The molecule has 0 radical (unpaired) electrons. The van der Waals surface area contributed by atoms with E-state index in [-0.39, 0.29) is 0 Å². The summed E-state index contributed by atoms with van der Waals surface area (Å²) in [5.41, 5.74) is 5.45. The number of aryl methyl sites for hydroxylation is 2. The molecule has 0 unspecified atom stereocenters. The zero-order valence-electron chi connectivity index (χ0n) is 18.6. The van der Waals surface area contributed by atoms with E-state index in [1.54, 1.807) is 0 Å². The first-order valence-corrected chi connectivity index (χ1v) is 11.2. The number of rotatable bonds is 10. The standard InChI is InChI=1S/C22H30.C5H12/c1-3-4-5-6-7-8-9-12-20-14-16-21(17-15-20)22-13-10-11-19(2)18-22;1-4-5(2)3/h10-11,13-18H,3-9,12H2,1-2H3;5H,4H2,1-3H3. The van der Waals surface area contributed by atoms with E-state index in [1.807, 2.05) is 0 Å². The first-order chi connectivity index (χ1) is 13.1. The maximum absolute atomic E-state index is 2.30. The van der Waals surface area contributed by atoms with Crippen LogP contribution in [0.2, 0.25) is 0 Å². The van der Waals surface area contributed by atoms with Crippen molar-refractivity contribution < 1.29 is 0 Å². The van der Waals surface area contributed by atoms with Gasteiger partial charge in [0.05, 0.1) is 0 Å². The van der Waals surface area contributed by atoms with E-state index in [1.165, 1.54) is 80.0 Å². The van der Waals surface area contributed by atoms with Crippen molar-refractivity contribution in [2.75, 3.05) is 0 Å². The Morgan fingerprint density at radius 3 is 1.85 bits per heavy atom. The Kier molecular flexibility index (Phi) is 12.6. The average molecular weight is 367 g/mol. The van der Waals surface area contributed by atoms with Gasteiger partial charge in [-0.05, 0) is 42.4 Å². The van der Waals surface area contributed by atoms with Gasteiger partial charge in [0.1, 0.15) is 0 Å². The Morgan fingerprint density at radius 2 is 1.30 bits per heavy atom. The van der Waals surface area contributed by atoms with E-state index >= 15 is 0 Å². The summed E-state index contributed by atoms with van der Waals surface area (Å²) in [5, 5.41) is 0. The van der Waals surface area contributed by atoms with Crippen LogP contribution in [0.15, 0.2) is 48.5 Å². The molecule has 0 saturated carbocycles. The van der Waals surface area contributed by atoms with E-state index in [2.05, 4.69) is 83.1 Å². The molecule has 2 rings (SSSR count). The summed E-state index contributed by atoms with van der Waals surface area (Å²) in [6.45, 7) is 11.1. The molecule has 0 heterocycles.